The van der Waals surface area contributed by atoms with E-state index in [1.54, 1.807) is 24.3 Å². The maximum absolute atomic E-state index is 12.2. The molecule has 1 aliphatic heterocycles. The van der Waals surface area contributed by atoms with Gasteiger partial charge in [0.1, 0.15) is 5.71 Å². The maximum atomic E-state index is 12.2. The molecular weight excluding hydrogens is 358 g/mol. The van der Waals surface area contributed by atoms with Crippen LogP contribution in [0.3, 0.4) is 0 Å². The van der Waals surface area contributed by atoms with Crippen LogP contribution in [0.1, 0.15) is 44.9 Å². The van der Waals surface area contributed by atoms with Gasteiger partial charge in [-0.1, -0.05) is 29.8 Å². The predicted molar refractivity (Wildman–Crippen MR) is 106 cm³/mol. The van der Waals surface area contributed by atoms with Crippen LogP contribution in [0.5, 0.6) is 0 Å². The van der Waals surface area contributed by atoms with E-state index in [4.69, 9.17) is 4.74 Å². The second-order valence-corrected chi connectivity index (χ2v) is 6.87. The molecule has 0 aromatic heterocycles. The van der Waals surface area contributed by atoms with Crippen LogP contribution >= 0.6 is 0 Å². The summed E-state index contributed by atoms with van der Waals surface area (Å²) in [6.45, 7) is 0.190. The molecule has 0 radical (unpaired) electrons. The first kappa shape index (κ1) is 19.8. The Bertz CT molecular complexity index is 786. The number of hydrogen-bond acceptors (Lipinski definition) is 5. The van der Waals surface area contributed by atoms with Gasteiger partial charge >= 0.3 is 5.97 Å². The summed E-state index contributed by atoms with van der Waals surface area (Å²) in [5.74, 6) is -1.19. The fourth-order valence-electron chi connectivity index (χ4n) is 3.23. The third-order valence-electron chi connectivity index (χ3n) is 4.76. The van der Waals surface area contributed by atoms with Gasteiger partial charge in [0.25, 0.3) is 5.91 Å². The number of carbonyl (C=O) groups is 3. The monoisotopic (exact) mass is 383 g/mol. The van der Waals surface area contributed by atoms with Crippen LogP contribution in [0.15, 0.2) is 47.1 Å². The second kappa shape index (κ2) is 9.82. The lowest BCUT2D eigenvalue weighted by Gasteiger charge is -2.22. The van der Waals surface area contributed by atoms with Gasteiger partial charge in [-0.2, -0.15) is 5.10 Å². The van der Waals surface area contributed by atoms with E-state index in [0.29, 0.717) is 12.2 Å². The van der Waals surface area contributed by atoms with Crippen molar-refractivity contribution in [3.63, 3.8) is 0 Å². The van der Waals surface area contributed by atoms with Crippen LogP contribution in [-0.2, 0) is 19.1 Å². The highest BCUT2D eigenvalue weighted by Gasteiger charge is 2.26. The zero-order valence-corrected chi connectivity index (χ0v) is 15.9. The van der Waals surface area contributed by atoms with Crippen LogP contribution in [0.25, 0.3) is 0 Å². The van der Waals surface area contributed by atoms with Gasteiger partial charge in [0, 0.05) is 19.4 Å². The Morgan fingerprint density at radius 3 is 2.68 bits per heavy atom. The minimum absolute atomic E-state index is 0.142. The summed E-state index contributed by atoms with van der Waals surface area (Å²) in [6, 6.07) is 8.90. The number of para-hydroxylation sites is 1. The van der Waals surface area contributed by atoms with Crippen molar-refractivity contribution in [2.45, 2.75) is 44.9 Å². The normalized spacial score (nSPS) is 16.9. The predicted octanol–water partition coefficient (Wildman–Crippen LogP) is 2.72. The topological polar surface area (TPSA) is 88.1 Å². The number of carbonyl (C=O) groups excluding carboxylic acids is 3. The Labute approximate surface area is 164 Å². The van der Waals surface area contributed by atoms with E-state index in [-0.39, 0.29) is 37.0 Å². The second-order valence-electron chi connectivity index (χ2n) is 6.87. The third kappa shape index (κ3) is 5.52. The van der Waals surface area contributed by atoms with Crippen molar-refractivity contribution in [1.29, 1.82) is 0 Å². The summed E-state index contributed by atoms with van der Waals surface area (Å²) in [6.07, 6.45) is 8.12. The number of hydrogen-bond donors (Lipinski definition) is 1. The fraction of sp³-hybridized carbons (Fsp3) is 0.429. The molecule has 0 atom stereocenters. The molecule has 2 amide bonds. The van der Waals surface area contributed by atoms with E-state index in [1.807, 2.05) is 6.07 Å². The van der Waals surface area contributed by atoms with Crippen molar-refractivity contribution in [3.05, 3.63) is 42.0 Å². The van der Waals surface area contributed by atoms with E-state index in [9.17, 15) is 14.4 Å². The summed E-state index contributed by atoms with van der Waals surface area (Å²) in [5.41, 5.74) is 2.11. The number of hydrazone groups is 1. The first-order chi connectivity index (χ1) is 13.6. The van der Waals surface area contributed by atoms with Crippen molar-refractivity contribution in [3.8, 4) is 0 Å². The largest absolute Gasteiger partial charge is 0.451 e. The summed E-state index contributed by atoms with van der Waals surface area (Å²) >= 11 is 0. The molecule has 1 aromatic carbocycles. The van der Waals surface area contributed by atoms with Gasteiger partial charge in [-0.25, -0.2) is 9.80 Å². The molecule has 0 saturated carbocycles. The molecule has 0 unspecified atom stereocenters. The summed E-state index contributed by atoms with van der Waals surface area (Å²) in [4.78, 5) is 36.2. The average Bonchev–Trinajstić information content (AvgIpc) is 2.74. The number of esters is 1. The molecule has 3 rings (SSSR count). The molecule has 1 aliphatic carbocycles. The van der Waals surface area contributed by atoms with Gasteiger partial charge in [0.2, 0.25) is 5.91 Å². The number of allylic oxidation sites excluding steroid dienone is 1. The number of rotatable bonds is 7. The van der Waals surface area contributed by atoms with E-state index in [0.717, 1.165) is 19.3 Å². The first-order valence-corrected chi connectivity index (χ1v) is 9.70. The molecule has 1 N–H and O–H groups in total. The quantitative estimate of drug-likeness (QED) is 0.579. The van der Waals surface area contributed by atoms with Crippen LogP contribution in [0.4, 0.5) is 5.69 Å². The van der Waals surface area contributed by atoms with Gasteiger partial charge in [-0.15, -0.1) is 0 Å². The number of ether oxygens (including phenoxy) is 1. The van der Waals surface area contributed by atoms with Crippen LogP contribution in [0.2, 0.25) is 0 Å². The van der Waals surface area contributed by atoms with E-state index >= 15 is 0 Å². The van der Waals surface area contributed by atoms with Crippen LogP contribution in [0, 0.1) is 0 Å². The minimum atomic E-state index is -0.668. The molecule has 28 heavy (non-hydrogen) atoms. The minimum Gasteiger partial charge on any atom is -0.451 e. The van der Waals surface area contributed by atoms with Crippen LogP contribution in [-0.4, -0.2) is 36.6 Å². The van der Waals surface area contributed by atoms with Gasteiger partial charge in [-0.3, -0.25) is 9.59 Å². The first-order valence-electron chi connectivity index (χ1n) is 9.70. The lowest BCUT2D eigenvalue weighted by Crippen LogP contribution is -2.36. The molecular formula is C21H25N3O4. The Morgan fingerprint density at radius 1 is 1.11 bits per heavy atom. The fourth-order valence-corrected chi connectivity index (χ4v) is 3.23. The highest BCUT2D eigenvalue weighted by molar-refractivity contribution is 6.38. The van der Waals surface area contributed by atoms with Gasteiger partial charge in [0.15, 0.2) is 6.61 Å². The average molecular weight is 383 g/mol. The molecule has 2 aliphatic rings. The van der Waals surface area contributed by atoms with Gasteiger partial charge < -0.3 is 10.1 Å². The van der Waals surface area contributed by atoms with E-state index in [2.05, 4.69) is 16.5 Å². The van der Waals surface area contributed by atoms with Gasteiger partial charge in [-0.05, 0) is 44.2 Å². The molecule has 148 valence electrons. The molecule has 7 heteroatoms. The van der Waals surface area contributed by atoms with E-state index < -0.39 is 5.97 Å². The van der Waals surface area contributed by atoms with Crippen molar-refractivity contribution in [2.24, 2.45) is 5.10 Å². The number of nitrogens with one attached hydrogen (secondary N) is 1. The Hall–Kier alpha value is -2.96. The number of nitrogens with zero attached hydrogens (tertiary/aromatic N) is 2. The van der Waals surface area contributed by atoms with Crippen molar-refractivity contribution in [2.75, 3.05) is 18.2 Å². The van der Waals surface area contributed by atoms with E-state index in [1.165, 1.54) is 23.4 Å². The number of anilines is 1. The number of amides is 2. The zero-order valence-electron chi connectivity index (χ0n) is 15.9. The Balaban J connectivity index is 1.46. The maximum Gasteiger partial charge on any atom is 0.355 e. The highest BCUT2D eigenvalue weighted by atomic mass is 16.5. The summed E-state index contributed by atoms with van der Waals surface area (Å²) in [7, 11) is 0. The smallest absolute Gasteiger partial charge is 0.355 e. The highest BCUT2D eigenvalue weighted by Crippen LogP contribution is 2.20. The van der Waals surface area contributed by atoms with Crippen molar-refractivity contribution >= 4 is 29.2 Å². The standard InChI is InChI=1S/C21H25N3O4/c25-19(22-14-13-16-7-3-1-4-8-16)15-28-21(27)18-11-12-20(26)24(23-18)17-9-5-2-6-10-17/h2,5-7,9-10H,1,3-4,8,11-15H2,(H,22,25). The molecule has 1 aromatic rings. The summed E-state index contributed by atoms with van der Waals surface area (Å²) < 4.78 is 5.07. The lowest BCUT2D eigenvalue weighted by atomic mass is 9.97. The molecule has 1 heterocycles. The number of benzene rings is 1. The lowest BCUT2D eigenvalue weighted by molar-refractivity contribution is -0.142. The zero-order chi connectivity index (χ0) is 19.8. The van der Waals surface area contributed by atoms with Gasteiger partial charge in [0.05, 0.1) is 5.69 Å². The molecule has 0 bridgehead atoms. The molecule has 0 saturated heterocycles. The Morgan fingerprint density at radius 2 is 1.93 bits per heavy atom. The Kier molecular flexibility index (Phi) is 6.94. The van der Waals surface area contributed by atoms with Crippen molar-refractivity contribution < 1.29 is 19.1 Å². The third-order valence-corrected chi connectivity index (χ3v) is 4.76. The SMILES string of the molecule is O=C(COC(=O)C1=NN(c2ccccc2)C(=O)CC1)NCCC1=CCCCC1. The molecule has 0 spiro atoms. The van der Waals surface area contributed by atoms with Crippen LogP contribution < -0.4 is 10.3 Å². The van der Waals surface area contributed by atoms with Crippen molar-refractivity contribution in [1.82, 2.24) is 5.32 Å². The molecule has 7 nitrogen and oxygen atoms in total. The summed E-state index contributed by atoms with van der Waals surface area (Å²) in [5, 5.41) is 8.10. The molecule has 0 fully saturated rings.